The first-order chi connectivity index (χ1) is 11.0. The van der Waals surface area contributed by atoms with Gasteiger partial charge in [-0.25, -0.2) is 14.4 Å². The Bertz CT molecular complexity index is 814. The van der Waals surface area contributed by atoms with Crippen LogP contribution in [0.25, 0.3) is 0 Å². The van der Waals surface area contributed by atoms with Crippen LogP contribution in [-0.4, -0.2) is 19.5 Å². The molecule has 0 fully saturated rings. The Morgan fingerprint density at radius 2 is 2.09 bits per heavy atom. The van der Waals surface area contributed by atoms with Gasteiger partial charge in [-0.05, 0) is 6.07 Å². The molecular formula is C15H14ClFN6. The van der Waals surface area contributed by atoms with Gasteiger partial charge in [0.1, 0.15) is 28.7 Å². The molecule has 0 amide bonds. The molecule has 0 unspecified atom stereocenters. The molecule has 2 aromatic heterocycles. The number of hydrogen-bond donors (Lipinski definition) is 2. The van der Waals surface area contributed by atoms with Crippen molar-refractivity contribution in [3.63, 3.8) is 0 Å². The van der Waals surface area contributed by atoms with E-state index in [1.165, 1.54) is 12.1 Å². The number of hydrogen-bond acceptors (Lipinski definition) is 5. The van der Waals surface area contributed by atoms with Crippen molar-refractivity contribution in [1.29, 1.82) is 0 Å². The summed E-state index contributed by atoms with van der Waals surface area (Å²) in [5.41, 5.74) is 6.05. The highest BCUT2D eigenvalue weighted by Gasteiger charge is 2.22. The summed E-state index contributed by atoms with van der Waals surface area (Å²) in [6.45, 7) is 0. The van der Waals surface area contributed by atoms with E-state index in [0.717, 1.165) is 0 Å². The Hall–Kier alpha value is -2.67. The highest BCUT2D eigenvalue weighted by Crippen LogP contribution is 2.27. The van der Waals surface area contributed by atoms with Gasteiger partial charge in [-0.3, -0.25) is 0 Å². The van der Waals surface area contributed by atoms with Crippen LogP contribution in [-0.2, 0) is 7.05 Å². The van der Waals surface area contributed by atoms with Gasteiger partial charge in [0.2, 0.25) is 5.95 Å². The maximum absolute atomic E-state index is 14.3. The zero-order valence-corrected chi connectivity index (χ0v) is 13.0. The lowest BCUT2D eigenvalue weighted by Gasteiger charge is -2.20. The van der Waals surface area contributed by atoms with E-state index in [9.17, 15) is 4.39 Å². The standard InChI is InChI=1S/C15H14ClFN6/c1-23-7-6-19-14(23)13(9-4-2-3-5-10(9)17)21-12-8-11(16)20-15(18)22-12/h2-8,13H,1H3,(H3,18,20,21,22)/t13-/m1/s1. The Kier molecular flexibility index (Phi) is 4.12. The van der Waals surface area contributed by atoms with E-state index in [2.05, 4.69) is 20.3 Å². The Morgan fingerprint density at radius 1 is 1.30 bits per heavy atom. The molecule has 0 aliphatic carbocycles. The van der Waals surface area contributed by atoms with E-state index in [0.29, 0.717) is 17.2 Å². The summed E-state index contributed by atoms with van der Waals surface area (Å²) in [7, 11) is 1.83. The first-order valence-electron chi connectivity index (χ1n) is 6.83. The minimum Gasteiger partial charge on any atom is -0.368 e. The van der Waals surface area contributed by atoms with Gasteiger partial charge < -0.3 is 15.6 Å². The van der Waals surface area contributed by atoms with Gasteiger partial charge in [0.15, 0.2) is 0 Å². The molecule has 118 valence electrons. The molecule has 0 spiro atoms. The van der Waals surface area contributed by atoms with Crippen molar-refractivity contribution in [2.24, 2.45) is 7.05 Å². The first kappa shape index (κ1) is 15.2. The van der Waals surface area contributed by atoms with E-state index in [1.54, 1.807) is 35.2 Å². The van der Waals surface area contributed by atoms with Gasteiger partial charge in [0, 0.05) is 31.1 Å². The lowest BCUT2D eigenvalue weighted by Crippen LogP contribution is -2.19. The van der Waals surface area contributed by atoms with Crippen LogP contribution < -0.4 is 11.1 Å². The van der Waals surface area contributed by atoms with Crippen LogP contribution in [0.3, 0.4) is 0 Å². The molecule has 0 bridgehead atoms. The molecule has 1 atom stereocenters. The molecule has 2 heterocycles. The van der Waals surface area contributed by atoms with E-state index < -0.39 is 6.04 Å². The molecule has 1 aromatic carbocycles. The van der Waals surface area contributed by atoms with Crippen molar-refractivity contribution < 1.29 is 4.39 Å². The second-order valence-corrected chi connectivity index (χ2v) is 5.32. The predicted molar refractivity (Wildman–Crippen MR) is 86.5 cm³/mol. The number of nitrogens with zero attached hydrogens (tertiary/aromatic N) is 4. The summed E-state index contributed by atoms with van der Waals surface area (Å²) in [4.78, 5) is 12.2. The Labute approximate surface area is 137 Å². The van der Waals surface area contributed by atoms with Gasteiger partial charge in [0.25, 0.3) is 0 Å². The van der Waals surface area contributed by atoms with Crippen molar-refractivity contribution in [3.05, 3.63) is 65.1 Å². The smallest absolute Gasteiger partial charge is 0.223 e. The van der Waals surface area contributed by atoms with Gasteiger partial charge in [0.05, 0.1) is 0 Å². The minimum absolute atomic E-state index is 0.0344. The van der Waals surface area contributed by atoms with Crippen molar-refractivity contribution >= 4 is 23.4 Å². The van der Waals surface area contributed by atoms with Crippen LogP contribution in [0.4, 0.5) is 16.2 Å². The Balaban J connectivity index is 2.06. The zero-order valence-electron chi connectivity index (χ0n) is 12.2. The average Bonchev–Trinajstić information content (AvgIpc) is 2.91. The number of nitrogens with two attached hydrogens (primary N) is 1. The quantitative estimate of drug-likeness (QED) is 0.718. The number of nitrogen functional groups attached to an aromatic ring is 1. The number of anilines is 2. The number of imidazole rings is 1. The molecule has 23 heavy (non-hydrogen) atoms. The number of rotatable bonds is 4. The van der Waals surface area contributed by atoms with Gasteiger partial charge >= 0.3 is 0 Å². The third-order valence-electron chi connectivity index (χ3n) is 3.34. The van der Waals surface area contributed by atoms with E-state index >= 15 is 0 Å². The fraction of sp³-hybridized carbons (Fsp3) is 0.133. The van der Waals surface area contributed by atoms with Crippen LogP contribution in [0.15, 0.2) is 42.7 Å². The number of aryl methyl sites for hydroxylation is 1. The number of benzene rings is 1. The number of nitrogens with one attached hydrogen (secondary N) is 1. The highest BCUT2D eigenvalue weighted by molar-refractivity contribution is 6.29. The fourth-order valence-corrected chi connectivity index (χ4v) is 2.49. The molecule has 0 saturated heterocycles. The topological polar surface area (TPSA) is 81.7 Å². The average molecular weight is 333 g/mol. The highest BCUT2D eigenvalue weighted by atomic mass is 35.5. The monoisotopic (exact) mass is 332 g/mol. The summed E-state index contributed by atoms with van der Waals surface area (Å²) in [5, 5.41) is 3.32. The first-order valence-corrected chi connectivity index (χ1v) is 7.20. The lowest BCUT2D eigenvalue weighted by molar-refractivity contribution is 0.596. The van der Waals surface area contributed by atoms with E-state index in [4.69, 9.17) is 17.3 Å². The van der Waals surface area contributed by atoms with Crippen molar-refractivity contribution in [2.45, 2.75) is 6.04 Å². The third-order valence-corrected chi connectivity index (χ3v) is 3.53. The Morgan fingerprint density at radius 3 is 2.74 bits per heavy atom. The minimum atomic E-state index is -0.554. The molecule has 3 N–H and O–H groups in total. The summed E-state index contributed by atoms with van der Waals surface area (Å²) in [6.07, 6.45) is 3.43. The lowest BCUT2D eigenvalue weighted by atomic mass is 10.1. The SMILES string of the molecule is Cn1ccnc1[C@H](Nc1cc(Cl)nc(N)n1)c1ccccc1F. The van der Waals surface area contributed by atoms with Crippen molar-refractivity contribution in [2.75, 3.05) is 11.1 Å². The van der Waals surface area contributed by atoms with E-state index in [-0.39, 0.29) is 16.9 Å². The molecule has 0 aliphatic rings. The number of halogens is 2. The van der Waals surface area contributed by atoms with E-state index in [1.807, 2.05) is 7.05 Å². The van der Waals surface area contributed by atoms with Gasteiger partial charge in [-0.1, -0.05) is 29.8 Å². The largest absolute Gasteiger partial charge is 0.368 e. The van der Waals surface area contributed by atoms with Crippen LogP contribution in [0.2, 0.25) is 5.15 Å². The maximum atomic E-state index is 14.3. The van der Waals surface area contributed by atoms with Gasteiger partial charge in [-0.15, -0.1) is 0 Å². The van der Waals surface area contributed by atoms with Crippen LogP contribution in [0.1, 0.15) is 17.4 Å². The predicted octanol–water partition coefficient (Wildman–Crippen LogP) is 2.79. The maximum Gasteiger partial charge on any atom is 0.223 e. The summed E-state index contributed by atoms with van der Waals surface area (Å²) in [6, 6.07) is 7.45. The molecule has 3 rings (SSSR count). The summed E-state index contributed by atoms with van der Waals surface area (Å²) in [5.74, 6) is 0.704. The fourth-order valence-electron chi connectivity index (χ4n) is 2.30. The second-order valence-electron chi connectivity index (χ2n) is 4.93. The third kappa shape index (κ3) is 3.24. The molecule has 0 aliphatic heterocycles. The second kappa shape index (κ2) is 6.21. The zero-order chi connectivity index (χ0) is 16.4. The molecular weight excluding hydrogens is 319 g/mol. The normalized spacial score (nSPS) is 12.1. The molecule has 8 heteroatoms. The number of aromatic nitrogens is 4. The van der Waals surface area contributed by atoms with Gasteiger partial charge in [-0.2, -0.15) is 4.98 Å². The van der Waals surface area contributed by atoms with Crippen LogP contribution in [0, 0.1) is 5.82 Å². The summed E-state index contributed by atoms with van der Waals surface area (Å²) >= 11 is 5.90. The molecule has 0 radical (unpaired) electrons. The molecule has 6 nitrogen and oxygen atoms in total. The van der Waals surface area contributed by atoms with Crippen LogP contribution >= 0.6 is 11.6 Å². The molecule has 0 saturated carbocycles. The van der Waals surface area contributed by atoms with Crippen LogP contribution in [0.5, 0.6) is 0 Å². The molecule has 3 aromatic rings. The van der Waals surface area contributed by atoms with Crippen molar-refractivity contribution in [3.8, 4) is 0 Å². The van der Waals surface area contributed by atoms with Crippen molar-refractivity contribution in [1.82, 2.24) is 19.5 Å². The summed E-state index contributed by atoms with van der Waals surface area (Å²) < 4.78 is 16.1.